The summed E-state index contributed by atoms with van der Waals surface area (Å²) in [6.45, 7) is 0. The minimum absolute atomic E-state index is 0.0879. The van der Waals surface area contributed by atoms with E-state index in [0.29, 0.717) is 46.5 Å². The molecule has 0 bridgehead atoms. The number of rotatable bonds is 7. The van der Waals surface area contributed by atoms with Gasteiger partial charge in [-0.1, -0.05) is 0 Å². The molecule has 0 radical (unpaired) electrons. The van der Waals surface area contributed by atoms with Gasteiger partial charge in [0.15, 0.2) is 23.0 Å². The average Bonchev–Trinajstić information content (AvgIpc) is 3.39. The van der Waals surface area contributed by atoms with E-state index < -0.39 is 22.4 Å². The summed E-state index contributed by atoms with van der Waals surface area (Å²) in [4.78, 5) is 29.0. The van der Waals surface area contributed by atoms with E-state index in [2.05, 4.69) is 15.4 Å². The molecule has 0 amide bonds. The molecule has 1 aromatic heterocycles. The lowest BCUT2D eigenvalue weighted by Gasteiger charge is -2.35. The van der Waals surface area contributed by atoms with Crippen LogP contribution in [0.1, 0.15) is 35.9 Å². The van der Waals surface area contributed by atoms with Crippen LogP contribution in [-0.4, -0.2) is 59.0 Å². The molecule has 0 fully saturated rings. The van der Waals surface area contributed by atoms with E-state index in [1.54, 1.807) is 0 Å². The van der Waals surface area contributed by atoms with Crippen LogP contribution in [0.3, 0.4) is 0 Å². The molecule has 0 saturated heterocycles. The van der Waals surface area contributed by atoms with E-state index in [1.165, 1.54) is 51.6 Å². The Balaban J connectivity index is 1.62. The Morgan fingerprint density at radius 2 is 1.66 bits per heavy atom. The number of nitro groups is 1. The van der Waals surface area contributed by atoms with Gasteiger partial charge in [0.1, 0.15) is 12.4 Å². The predicted octanol–water partition coefficient (Wildman–Crippen LogP) is 3.34. The summed E-state index contributed by atoms with van der Waals surface area (Å²) in [5.41, 5.74) is 1.67. The Hall–Kier alpha value is -4.81. The first-order chi connectivity index (χ1) is 18.3. The number of ether oxygens (including phenoxy) is 4. The zero-order valence-corrected chi connectivity index (χ0v) is 21.0. The molecule has 2 atom stereocenters. The zero-order valence-electron chi connectivity index (χ0n) is 21.0. The third kappa shape index (κ3) is 3.92. The van der Waals surface area contributed by atoms with Crippen LogP contribution in [-0.2, 0) is 4.79 Å². The number of hydrogen-bond acceptors (Lipinski definition) is 11. The Kier molecular flexibility index (Phi) is 6.27. The van der Waals surface area contributed by atoms with Crippen molar-refractivity contribution < 1.29 is 33.8 Å². The number of allylic oxidation sites excluding steroid dienone is 2. The summed E-state index contributed by atoms with van der Waals surface area (Å²) in [6.07, 6.45) is 1.94. The number of methoxy groups -OCH3 is 4. The number of carbonyl (C=O) groups is 1. The second kappa shape index (κ2) is 9.57. The number of fused-ring (bicyclic) bond motifs is 1. The third-order valence-electron chi connectivity index (χ3n) is 6.83. The molecule has 0 unspecified atom stereocenters. The second-order valence-electron chi connectivity index (χ2n) is 8.78. The van der Waals surface area contributed by atoms with Gasteiger partial charge in [-0.15, -0.1) is 0 Å². The van der Waals surface area contributed by atoms with E-state index in [9.17, 15) is 20.0 Å². The molecule has 0 spiro atoms. The number of aromatic nitrogens is 3. The number of hydrogen-bond donors (Lipinski definition) is 2. The lowest BCUT2D eigenvalue weighted by molar-refractivity contribution is -0.386. The average molecular weight is 524 g/mol. The van der Waals surface area contributed by atoms with Crippen molar-refractivity contribution in [2.24, 2.45) is 0 Å². The van der Waals surface area contributed by atoms with Crippen LogP contribution >= 0.6 is 0 Å². The van der Waals surface area contributed by atoms with Crippen LogP contribution < -0.4 is 24.3 Å². The summed E-state index contributed by atoms with van der Waals surface area (Å²) >= 11 is 0. The van der Waals surface area contributed by atoms with E-state index in [0.717, 1.165) is 5.56 Å². The normalized spacial score (nSPS) is 18.3. The minimum Gasteiger partial charge on any atom is -0.500 e. The van der Waals surface area contributed by atoms with Crippen molar-refractivity contribution in [2.45, 2.75) is 24.8 Å². The number of phenols is 1. The van der Waals surface area contributed by atoms with E-state index >= 15 is 0 Å². The highest BCUT2D eigenvalue weighted by atomic mass is 16.6. The first-order valence-corrected chi connectivity index (χ1v) is 11.6. The van der Waals surface area contributed by atoms with Gasteiger partial charge in [0.2, 0.25) is 17.4 Å². The highest BCUT2D eigenvalue weighted by Gasteiger charge is 2.40. The van der Waals surface area contributed by atoms with Crippen molar-refractivity contribution in [2.75, 3.05) is 33.8 Å². The van der Waals surface area contributed by atoms with Crippen LogP contribution in [0.15, 0.2) is 41.9 Å². The number of benzene rings is 2. The number of Topliss-reactive ketones (excluding diaryl/α,β-unsaturated/α-hetero) is 1. The lowest BCUT2D eigenvalue weighted by atomic mass is 9.77. The van der Waals surface area contributed by atoms with Crippen LogP contribution in [0.4, 0.5) is 11.6 Å². The van der Waals surface area contributed by atoms with Crippen molar-refractivity contribution >= 4 is 17.4 Å². The maximum Gasteiger partial charge on any atom is 0.315 e. The maximum absolute atomic E-state index is 13.7. The molecule has 13 nitrogen and oxygen atoms in total. The molecule has 5 rings (SSSR count). The van der Waals surface area contributed by atoms with Crippen LogP contribution in [0.25, 0.3) is 0 Å². The third-order valence-corrected chi connectivity index (χ3v) is 6.83. The smallest absolute Gasteiger partial charge is 0.315 e. The van der Waals surface area contributed by atoms with Crippen LogP contribution in [0.2, 0.25) is 0 Å². The molecule has 1 aliphatic heterocycles. The lowest BCUT2D eigenvalue weighted by Crippen LogP contribution is -2.33. The van der Waals surface area contributed by atoms with Gasteiger partial charge in [-0.3, -0.25) is 14.9 Å². The predicted molar refractivity (Wildman–Crippen MR) is 133 cm³/mol. The van der Waals surface area contributed by atoms with Crippen LogP contribution in [0, 0.1) is 10.1 Å². The number of nitro benzene ring substituents is 1. The number of ketones is 1. The van der Waals surface area contributed by atoms with Crippen molar-refractivity contribution in [1.82, 2.24) is 14.8 Å². The van der Waals surface area contributed by atoms with Gasteiger partial charge in [-0.2, -0.15) is 10.1 Å². The van der Waals surface area contributed by atoms with Crippen molar-refractivity contribution in [1.29, 1.82) is 0 Å². The Morgan fingerprint density at radius 1 is 1.00 bits per heavy atom. The molecule has 198 valence electrons. The molecule has 2 N–H and O–H groups in total. The highest BCUT2D eigenvalue weighted by molar-refractivity contribution is 6.00. The van der Waals surface area contributed by atoms with Gasteiger partial charge in [0.25, 0.3) is 0 Å². The number of anilines is 1. The number of aromatic hydroxyl groups is 1. The van der Waals surface area contributed by atoms with Gasteiger partial charge >= 0.3 is 5.69 Å². The van der Waals surface area contributed by atoms with Gasteiger partial charge < -0.3 is 29.4 Å². The quantitative estimate of drug-likeness (QED) is 0.345. The van der Waals surface area contributed by atoms with E-state index in [1.807, 2.05) is 12.1 Å². The first kappa shape index (κ1) is 24.9. The molecule has 2 heterocycles. The maximum atomic E-state index is 13.7. The summed E-state index contributed by atoms with van der Waals surface area (Å²) in [5.74, 6) is 0.711. The van der Waals surface area contributed by atoms with Crippen molar-refractivity contribution in [3.05, 3.63) is 63.1 Å². The molecular weight excluding hydrogens is 498 g/mol. The molecular formula is C25H25N5O8. The topological polar surface area (TPSA) is 160 Å². The SMILES string of the molecule is COc1cc([C@@H]2C3=C(C[C@H](c4cc(OC)c(OC)c(OC)c4)CC3=O)Nc3ncnn32)cc([N+](=O)[O-])c1O. The number of phenolic OH excluding ortho intramolecular Hbond substituents is 1. The largest absolute Gasteiger partial charge is 0.500 e. The fourth-order valence-corrected chi connectivity index (χ4v) is 5.10. The number of nitrogens with zero attached hydrogens (tertiary/aromatic N) is 4. The summed E-state index contributed by atoms with van der Waals surface area (Å²) in [5, 5.41) is 29.4. The Morgan fingerprint density at radius 3 is 2.26 bits per heavy atom. The van der Waals surface area contributed by atoms with Crippen molar-refractivity contribution in [3.63, 3.8) is 0 Å². The fraction of sp³-hybridized carbons (Fsp3) is 0.320. The summed E-state index contributed by atoms with van der Waals surface area (Å²) < 4.78 is 23.1. The molecule has 3 aromatic rings. The highest BCUT2D eigenvalue weighted by Crippen LogP contribution is 2.48. The van der Waals surface area contributed by atoms with E-state index in [-0.39, 0.29) is 23.9 Å². The molecule has 13 heteroatoms. The second-order valence-corrected chi connectivity index (χ2v) is 8.78. The molecule has 2 aromatic carbocycles. The van der Waals surface area contributed by atoms with Gasteiger partial charge in [0.05, 0.1) is 33.4 Å². The van der Waals surface area contributed by atoms with Gasteiger partial charge in [-0.25, -0.2) is 4.68 Å². The monoisotopic (exact) mass is 523 g/mol. The van der Waals surface area contributed by atoms with Gasteiger partial charge in [0, 0.05) is 23.8 Å². The van der Waals surface area contributed by atoms with Crippen molar-refractivity contribution in [3.8, 4) is 28.7 Å². The number of nitrogens with one attached hydrogen (secondary N) is 1. The summed E-state index contributed by atoms with van der Waals surface area (Å²) in [7, 11) is 5.87. The van der Waals surface area contributed by atoms with Crippen LogP contribution in [0.5, 0.6) is 28.7 Å². The molecule has 2 aliphatic rings. The summed E-state index contributed by atoms with van der Waals surface area (Å²) in [6, 6.07) is 5.52. The standard InChI is InChI=1S/C25H25N5O8/c1-35-18-10-14(6-16(23(18)32)30(33)34)22-21-15(28-25-26-11-27-29(22)25)5-12(7-17(21)31)13-8-19(36-2)24(38-4)20(9-13)37-3/h6,8-12,22,32H,5,7H2,1-4H3,(H,26,27,28)/t12-,22+/m0/s1. The van der Waals surface area contributed by atoms with E-state index in [4.69, 9.17) is 18.9 Å². The zero-order chi connectivity index (χ0) is 27.1. The Labute approximate surface area is 216 Å². The fourth-order valence-electron chi connectivity index (χ4n) is 5.10. The number of carbonyl (C=O) groups excluding carboxylic acids is 1. The first-order valence-electron chi connectivity index (χ1n) is 11.6. The molecule has 0 saturated carbocycles. The molecule has 38 heavy (non-hydrogen) atoms. The Bertz CT molecular complexity index is 1460. The van der Waals surface area contributed by atoms with Gasteiger partial charge in [-0.05, 0) is 41.7 Å². The molecule has 1 aliphatic carbocycles. The minimum atomic E-state index is -0.815.